The van der Waals surface area contributed by atoms with E-state index < -0.39 is 0 Å². The Kier molecular flexibility index (Phi) is 4.83. The lowest BCUT2D eigenvalue weighted by atomic mass is 10.5. The zero-order valence-corrected chi connectivity index (χ0v) is 9.41. The van der Waals surface area contributed by atoms with Crippen molar-refractivity contribution in [2.24, 2.45) is 0 Å². The molecule has 1 rings (SSSR count). The Labute approximate surface area is 89.8 Å². The molecule has 15 heavy (non-hydrogen) atoms. The highest BCUT2D eigenvalue weighted by Gasteiger charge is 2.04. The highest BCUT2D eigenvalue weighted by molar-refractivity contribution is 5.37. The van der Waals surface area contributed by atoms with Gasteiger partial charge in [-0.2, -0.15) is 4.98 Å². The van der Waals surface area contributed by atoms with E-state index in [4.69, 9.17) is 9.47 Å². The van der Waals surface area contributed by atoms with E-state index in [-0.39, 0.29) is 0 Å². The van der Waals surface area contributed by atoms with Crippen molar-refractivity contribution < 1.29 is 9.47 Å². The minimum Gasteiger partial charge on any atom is -0.478 e. The van der Waals surface area contributed by atoms with Gasteiger partial charge in [-0.1, -0.05) is 6.92 Å². The van der Waals surface area contributed by atoms with Crippen LogP contribution >= 0.6 is 0 Å². The van der Waals surface area contributed by atoms with Crippen LogP contribution in [0.25, 0.3) is 0 Å². The van der Waals surface area contributed by atoms with Crippen molar-refractivity contribution in [1.82, 2.24) is 9.97 Å². The first-order valence-electron chi connectivity index (χ1n) is 4.97. The van der Waals surface area contributed by atoms with Gasteiger partial charge in [-0.05, 0) is 6.42 Å². The summed E-state index contributed by atoms with van der Waals surface area (Å²) in [4.78, 5) is 8.43. The van der Waals surface area contributed by atoms with Crippen molar-refractivity contribution in [3.63, 3.8) is 0 Å². The number of ether oxygens (including phenoxy) is 2. The molecule has 0 saturated carbocycles. The average Bonchev–Trinajstić information content (AvgIpc) is 2.26. The van der Waals surface area contributed by atoms with E-state index in [1.165, 1.54) is 0 Å². The Bertz CT molecular complexity index is 305. The largest absolute Gasteiger partial charge is 0.478 e. The van der Waals surface area contributed by atoms with Crippen LogP contribution in [0.15, 0.2) is 6.07 Å². The van der Waals surface area contributed by atoms with Crippen LogP contribution in [0.3, 0.4) is 0 Å². The van der Waals surface area contributed by atoms with Crippen molar-refractivity contribution in [3.8, 4) is 5.88 Å². The summed E-state index contributed by atoms with van der Waals surface area (Å²) in [6.45, 7) is 3.10. The smallest absolute Gasteiger partial charge is 0.218 e. The first-order chi connectivity index (χ1) is 7.30. The summed E-state index contributed by atoms with van der Waals surface area (Å²) in [6, 6.07) is 1.77. The number of hydrogen-bond acceptors (Lipinski definition) is 5. The Morgan fingerprint density at radius 1 is 1.40 bits per heavy atom. The molecule has 0 unspecified atom stereocenters. The highest BCUT2D eigenvalue weighted by Crippen LogP contribution is 2.13. The topological polar surface area (TPSA) is 56.3 Å². The highest BCUT2D eigenvalue weighted by atomic mass is 16.5. The Hall–Kier alpha value is -1.36. The maximum absolute atomic E-state index is 5.44. The van der Waals surface area contributed by atoms with Crippen LogP contribution in [0.4, 0.5) is 5.82 Å². The van der Waals surface area contributed by atoms with Crippen LogP contribution in [-0.4, -0.2) is 30.7 Å². The van der Waals surface area contributed by atoms with Gasteiger partial charge < -0.3 is 14.8 Å². The van der Waals surface area contributed by atoms with Crippen LogP contribution in [0, 0.1) is 0 Å². The number of nitrogens with one attached hydrogen (secondary N) is 1. The van der Waals surface area contributed by atoms with Gasteiger partial charge in [0.1, 0.15) is 12.4 Å². The molecule has 0 aliphatic heterocycles. The van der Waals surface area contributed by atoms with E-state index in [0.29, 0.717) is 24.9 Å². The van der Waals surface area contributed by atoms with Gasteiger partial charge in [-0.15, -0.1) is 0 Å². The summed E-state index contributed by atoms with van der Waals surface area (Å²) in [5, 5.41) is 2.96. The summed E-state index contributed by atoms with van der Waals surface area (Å²) < 4.78 is 10.4. The van der Waals surface area contributed by atoms with Crippen molar-refractivity contribution in [1.29, 1.82) is 0 Å². The van der Waals surface area contributed by atoms with Crippen LogP contribution in [-0.2, 0) is 11.3 Å². The van der Waals surface area contributed by atoms with Crippen LogP contribution in [0.2, 0.25) is 0 Å². The second-order valence-corrected chi connectivity index (χ2v) is 3.04. The Balaban J connectivity index is 2.79. The molecule has 0 bridgehead atoms. The summed E-state index contributed by atoms with van der Waals surface area (Å²) in [6.07, 6.45) is 0.957. The molecule has 0 atom stereocenters. The standard InChI is InChI=1S/C10H17N3O2/c1-4-5-15-10-6-8(11-2)12-9(13-10)7-14-3/h6H,4-5,7H2,1-3H3,(H,11,12,13). The number of methoxy groups -OCH3 is 1. The van der Waals surface area contributed by atoms with E-state index in [0.717, 1.165) is 12.2 Å². The molecule has 5 nitrogen and oxygen atoms in total. The van der Waals surface area contributed by atoms with Crippen LogP contribution < -0.4 is 10.1 Å². The third-order valence-corrected chi connectivity index (χ3v) is 1.73. The molecule has 0 fully saturated rings. The minimum atomic E-state index is 0.387. The van der Waals surface area contributed by atoms with Gasteiger partial charge in [0.25, 0.3) is 0 Å². The Morgan fingerprint density at radius 3 is 2.80 bits per heavy atom. The van der Waals surface area contributed by atoms with Crippen LogP contribution in [0.5, 0.6) is 5.88 Å². The van der Waals surface area contributed by atoms with Gasteiger partial charge in [-0.25, -0.2) is 4.98 Å². The van der Waals surface area contributed by atoms with E-state index in [2.05, 4.69) is 22.2 Å². The third kappa shape index (κ3) is 3.71. The van der Waals surface area contributed by atoms with E-state index in [1.807, 2.05) is 7.05 Å². The maximum atomic E-state index is 5.44. The van der Waals surface area contributed by atoms with Crippen molar-refractivity contribution in [2.45, 2.75) is 20.0 Å². The summed E-state index contributed by atoms with van der Waals surface area (Å²) >= 11 is 0. The van der Waals surface area contributed by atoms with Crippen LogP contribution in [0.1, 0.15) is 19.2 Å². The molecule has 1 heterocycles. The van der Waals surface area contributed by atoms with E-state index >= 15 is 0 Å². The number of rotatable bonds is 6. The maximum Gasteiger partial charge on any atom is 0.218 e. The molecule has 5 heteroatoms. The molecular formula is C10H17N3O2. The first-order valence-corrected chi connectivity index (χ1v) is 4.97. The second kappa shape index (κ2) is 6.19. The van der Waals surface area contributed by atoms with Crippen molar-refractivity contribution in [3.05, 3.63) is 11.9 Å². The first kappa shape index (κ1) is 11.7. The predicted octanol–water partition coefficient (Wildman–Crippen LogP) is 1.45. The normalized spacial score (nSPS) is 10.1. The molecule has 0 amide bonds. The summed E-state index contributed by atoms with van der Waals surface area (Å²) in [5.74, 6) is 1.95. The van der Waals surface area contributed by atoms with Crippen molar-refractivity contribution in [2.75, 3.05) is 26.1 Å². The van der Waals surface area contributed by atoms with Crippen molar-refractivity contribution >= 4 is 5.82 Å². The minimum absolute atomic E-state index is 0.387. The van der Waals surface area contributed by atoms with Gasteiger partial charge in [0.05, 0.1) is 6.61 Å². The quantitative estimate of drug-likeness (QED) is 0.771. The average molecular weight is 211 g/mol. The fourth-order valence-corrected chi connectivity index (χ4v) is 1.08. The molecule has 0 saturated heterocycles. The lowest BCUT2D eigenvalue weighted by Crippen LogP contribution is -2.05. The molecule has 1 aromatic heterocycles. The molecule has 1 aromatic rings. The molecule has 0 spiro atoms. The summed E-state index contributed by atoms with van der Waals surface area (Å²) in [7, 11) is 3.42. The molecule has 1 N–H and O–H groups in total. The molecule has 0 aliphatic rings. The third-order valence-electron chi connectivity index (χ3n) is 1.73. The lowest BCUT2D eigenvalue weighted by molar-refractivity contribution is 0.176. The molecular weight excluding hydrogens is 194 g/mol. The zero-order chi connectivity index (χ0) is 11.1. The molecule has 0 aromatic carbocycles. The number of anilines is 1. The van der Waals surface area contributed by atoms with E-state index in [9.17, 15) is 0 Å². The van der Waals surface area contributed by atoms with Gasteiger partial charge >= 0.3 is 0 Å². The molecule has 0 aliphatic carbocycles. The number of hydrogen-bond donors (Lipinski definition) is 1. The Morgan fingerprint density at radius 2 is 2.20 bits per heavy atom. The number of nitrogens with zero attached hydrogens (tertiary/aromatic N) is 2. The summed E-state index contributed by atoms with van der Waals surface area (Å²) in [5.41, 5.74) is 0. The SMILES string of the molecule is CCCOc1cc(NC)nc(COC)n1. The predicted molar refractivity (Wildman–Crippen MR) is 58.1 cm³/mol. The van der Waals surface area contributed by atoms with E-state index in [1.54, 1.807) is 13.2 Å². The van der Waals surface area contributed by atoms with Gasteiger partial charge in [0, 0.05) is 20.2 Å². The number of aromatic nitrogens is 2. The fourth-order valence-electron chi connectivity index (χ4n) is 1.08. The zero-order valence-electron chi connectivity index (χ0n) is 9.41. The lowest BCUT2D eigenvalue weighted by Gasteiger charge is -2.07. The monoisotopic (exact) mass is 211 g/mol. The fraction of sp³-hybridized carbons (Fsp3) is 0.600. The van der Waals surface area contributed by atoms with Gasteiger partial charge in [-0.3, -0.25) is 0 Å². The molecule has 84 valence electrons. The van der Waals surface area contributed by atoms with Gasteiger partial charge in [0.15, 0.2) is 5.82 Å². The molecule has 0 radical (unpaired) electrons. The van der Waals surface area contributed by atoms with Gasteiger partial charge in [0.2, 0.25) is 5.88 Å². The second-order valence-electron chi connectivity index (χ2n) is 3.04.